The van der Waals surface area contributed by atoms with Crippen LogP contribution in [0.4, 0.5) is 18.9 Å². The summed E-state index contributed by atoms with van der Waals surface area (Å²) in [6.45, 7) is 0. The number of nitrogens with zero attached hydrogens (tertiary/aromatic N) is 2. The molecule has 0 spiro atoms. The molecule has 1 aromatic heterocycles. The molecular formula is C13H8F3N3O. The van der Waals surface area contributed by atoms with Gasteiger partial charge in [-0.2, -0.15) is 18.4 Å². The lowest BCUT2D eigenvalue weighted by Gasteiger charge is -2.12. The second-order valence-corrected chi connectivity index (χ2v) is 3.81. The lowest BCUT2D eigenvalue weighted by Crippen LogP contribution is -2.06. The third-order valence-electron chi connectivity index (χ3n) is 2.43. The fourth-order valence-electron chi connectivity index (χ4n) is 1.49. The average Bonchev–Trinajstić information content (AvgIpc) is 2.40. The van der Waals surface area contributed by atoms with Crippen LogP contribution in [0.1, 0.15) is 11.3 Å². The van der Waals surface area contributed by atoms with Gasteiger partial charge < -0.3 is 10.5 Å². The number of halogens is 3. The fourth-order valence-corrected chi connectivity index (χ4v) is 1.49. The maximum Gasteiger partial charge on any atom is 0.416 e. The highest BCUT2D eigenvalue weighted by atomic mass is 19.4. The molecule has 0 fully saturated rings. The SMILES string of the molecule is N#Cc1ncccc1Oc1ccc(C(F)(F)F)cc1N. The smallest absolute Gasteiger partial charge is 0.416 e. The van der Waals surface area contributed by atoms with Gasteiger partial charge in [0.15, 0.2) is 11.4 Å². The van der Waals surface area contributed by atoms with Gasteiger partial charge in [-0.15, -0.1) is 0 Å². The van der Waals surface area contributed by atoms with E-state index in [9.17, 15) is 13.2 Å². The van der Waals surface area contributed by atoms with Crippen LogP contribution in [-0.2, 0) is 6.18 Å². The van der Waals surface area contributed by atoms with Gasteiger partial charge in [0.1, 0.15) is 11.8 Å². The summed E-state index contributed by atoms with van der Waals surface area (Å²) < 4.78 is 42.8. The number of hydrogen-bond acceptors (Lipinski definition) is 4. The van der Waals surface area contributed by atoms with Crippen molar-refractivity contribution in [2.24, 2.45) is 0 Å². The highest BCUT2D eigenvalue weighted by Gasteiger charge is 2.31. The molecule has 1 aromatic carbocycles. The largest absolute Gasteiger partial charge is 0.452 e. The van der Waals surface area contributed by atoms with Crippen LogP contribution >= 0.6 is 0 Å². The highest BCUT2D eigenvalue weighted by Crippen LogP contribution is 2.35. The molecule has 0 aliphatic heterocycles. The second-order valence-electron chi connectivity index (χ2n) is 3.81. The molecule has 7 heteroatoms. The second kappa shape index (κ2) is 5.09. The van der Waals surface area contributed by atoms with Crippen molar-refractivity contribution in [2.75, 3.05) is 5.73 Å². The minimum Gasteiger partial charge on any atom is -0.452 e. The number of nitrogen functional groups attached to an aromatic ring is 1. The summed E-state index contributed by atoms with van der Waals surface area (Å²) in [6, 6.07) is 7.56. The minimum absolute atomic E-state index is 0.0202. The molecule has 2 aromatic rings. The van der Waals surface area contributed by atoms with E-state index in [4.69, 9.17) is 15.7 Å². The van der Waals surface area contributed by atoms with Gasteiger partial charge in [0.2, 0.25) is 0 Å². The lowest BCUT2D eigenvalue weighted by molar-refractivity contribution is -0.137. The number of aromatic nitrogens is 1. The van der Waals surface area contributed by atoms with Crippen molar-refractivity contribution < 1.29 is 17.9 Å². The average molecular weight is 279 g/mol. The van der Waals surface area contributed by atoms with E-state index >= 15 is 0 Å². The van der Waals surface area contributed by atoms with E-state index < -0.39 is 11.7 Å². The van der Waals surface area contributed by atoms with E-state index in [1.165, 1.54) is 18.3 Å². The predicted octanol–water partition coefficient (Wildman–Crippen LogP) is 3.35. The van der Waals surface area contributed by atoms with E-state index in [2.05, 4.69) is 4.98 Å². The monoisotopic (exact) mass is 279 g/mol. The molecule has 2 rings (SSSR count). The van der Waals surface area contributed by atoms with E-state index in [1.807, 2.05) is 6.07 Å². The Hall–Kier alpha value is -2.75. The molecule has 102 valence electrons. The molecule has 0 saturated heterocycles. The molecule has 0 amide bonds. The maximum atomic E-state index is 12.5. The molecule has 0 aliphatic rings. The van der Waals surface area contributed by atoms with Crippen molar-refractivity contribution in [3.8, 4) is 17.6 Å². The summed E-state index contributed by atoms with van der Waals surface area (Å²) in [4.78, 5) is 3.77. The first-order valence-corrected chi connectivity index (χ1v) is 5.41. The highest BCUT2D eigenvalue weighted by molar-refractivity contribution is 5.56. The first-order valence-electron chi connectivity index (χ1n) is 5.41. The normalized spacial score (nSPS) is 10.9. The first kappa shape index (κ1) is 13.7. The van der Waals surface area contributed by atoms with Crippen LogP contribution < -0.4 is 10.5 Å². The number of nitrogens with two attached hydrogens (primary N) is 1. The molecule has 0 unspecified atom stereocenters. The molecule has 20 heavy (non-hydrogen) atoms. The van der Waals surface area contributed by atoms with Gasteiger partial charge >= 0.3 is 6.18 Å². The summed E-state index contributed by atoms with van der Waals surface area (Å²) >= 11 is 0. The fraction of sp³-hybridized carbons (Fsp3) is 0.0769. The number of nitriles is 1. The zero-order chi connectivity index (χ0) is 14.8. The van der Waals surface area contributed by atoms with Crippen molar-refractivity contribution >= 4 is 5.69 Å². The lowest BCUT2D eigenvalue weighted by atomic mass is 10.2. The number of ether oxygens (including phenoxy) is 1. The van der Waals surface area contributed by atoms with Crippen LogP contribution in [-0.4, -0.2) is 4.98 Å². The Kier molecular flexibility index (Phi) is 3.48. The van der Waals surface area contributed by atoms with Gasteiger partial charge in [0, 0.05) is 6.20 Å². The number of rotatable bonds is 2. The van der Waals surface area contributed by atoms with Gasteiger partial charge in [-0.3, -0.25) is 0 Å². The van der Waals surface area contributed by atoms with Crippen molar-refractivity contribution in [3.63, 3.8) is 0 Å². The minimum atomic E-state index is -4.47. The van der Waals surface area contributed by atoms with E-state index in [0.29, 0.717) is 0 Å². The van der Waals surface area contributed by atoms with Crippen LogP contribution in [0.5, 0.6) is 11.5 Å². The van der Waals surface area contributed by atoms with Gasteiger partial charge in [0.25, 0.3) is 0 Å². The molecule has 1 heterocycles. The summed E-state index contributed by atoms with van der Waals surface area (Å²) in [5.74, 6) is 0.156. The molecule has 0 atom stereocenters. The number of hydrogen-bond donors (Lipinski definition) is 1. The molecule has 4 nitrogen and oxygen atoms in total. The number of anilines is 1. The third kappa shape index (κ3) is 2.80. The standard InChI is InChI=1S/C13H8F3N3O/c14-13(15,16)8-3-4-11(9(18)6-8)20-12-2-1-5-19-10(12)7-17/h1-6H,18H2. The van der Waals surface area contributed by atoms with Gasteiger partial charge in [0.05, 0.1) is 11.3 Å². The van der Waals surface area contributed by atoms with Crippen molar-refractivity contribution in [3.05, 3.63) is 47.8 Å². The van der Waals surface area contributed by atoms with Gasteiger partial charge in [-0.1, -0.05) is 0 Å². The Morgan fingerprint density at radius 1 is 1.20 bits per heavy atom. The topological polar surface area (TPSA) is 71.9 Å². The molecule has 2 N–H and O–H groups in total. The summed E-state index contributed by atoms with van der Waals surface area (Å²) in [5, 5.41) is 8.84. The Balaban J connectivity index is 2.34. The Morgan fingerprint density at radius 3 is 2.55 bits per heavy atom. The summed E-state index contributed by atoms with van der Waals surface area (Å²) in [7, 11) is 0. The van der Waals surface area contributed by atoms with Crippen LogP contribution in [0.3, 0.4) is 0 Å². The van der Waals surface area contributed by atoms with E-state index in [-0.39, 0.29) is 22.9 Å². The van der Waals surface area contributed by atoms with Crippen LogP contribution in [0, 0.1) is 11.3 Å². The van der Waals surface area contributed by atoms with Crippen LogP contribution in [0.15, 0.2) is 36.5 Å². The number of alkyl halides is 3. The summed E-state index contributed by atoms with van der Waals surface area (Å²) in [5.41, 5.74) is 4.51. The predicted molar refractivity (Wildman–Crippen MR) is 64.9 cm³/mol. The molecule has 0 radical (unpaired) electrons. The van der Waals surface area contributed by atoms with E-state index in [1.54, 1.807) is 0 Å². The van der Waals surface area contributed by atoms with Crippen molar-refractivity contribution in [1.29, 1.82) is 5.26 Å². The quantitative estimate of drug-likeness (QED) is 0.856. The maximum absolute atomic E-state index is 12.5. The molecule has 0 saturated carbocycles. The van der Waals surface area contributed by atoms with Crippen LogP contribution in [0.25, 0.3) is 0 Å². The Morgan fingerprint density at radius 2 is 1.95 bits per heavy atom. The van der Waals surface area contributed by atoms with E-state index in [0.717, 1.165) is 18.2 Å². The van der Waals surface area contributed by atoms with Gasteiger partial charge in [-0.25, -0.2) is 4.98 Å². The zero-order valence-electron chi connectivity index (χ0n) is 9.98. The third-order valence-corrected chi connectivity index (χ3v) is 2.43. The van der Waals surface area contributed by atoms with Gasteiger partial charge in [-0.05, 0) is 30.3 Å². The molecule has 0 bridgehead atoms. The Labute approximate surface area is 112 Å². The summed E-state index contributed by atoms with van der Waals surface area (Å²) in [6.07, 6.45) is -3.07. The Bertz CT molecular complexity index is 677. The zero-order valence-corrected chi connectivity index (χ0v) is 9.98. The number of pyridine rings is 1. The van der Waals surface area contributed by atoms with Crippen molar-refractivity contribution in [2.45, 2.75) is 6.18 Å². The van der Waals surface area contributed by atoms with Crippen LogP contribution in [0.2, 0.25) is 0 Å². The first-order chi connectivity index (χ1) is 9.41. The number of benzene rings is 1. The van der Waals surface area contributed by atoms with Crippen molar-refractivity contribution in [1.82, 2.24) is 4.98 Å². The molecule has 0 aliphatic carbocycles. The molecular weight excluding hydrogens is 271 g/mol.